The van der Waals surface area contributed by atoms with Crippen LogP contribution in [0.5, 0.6) is 11.5 Å². The van der Waals surface area contributed by atoms with Gasteiger partial charge in [0, 0.05) is 5.38 Å². The molecule has 0 aliphatic heterocycles. The highest BCUT2D eigenvalue weighted by Gasteiger charge is 2.16. The largest absolute Gasteiger partial charge is 0.493 e. The van der Waals surface area contributed by atoms with E-state index in [-0.39, 0.29) is 6.04 Å². The Hall–Kier alpha value is -1.63. The molecule has 1 aromatic heterocycles. The Morgan fingerprint density at radius 1 is 1.28 bits per heavy atom. The molecule has 1 unspecified atom stereocenters. The van der Waals surface area contributed by atoms with E-state index in [1.807, 2.05) is 23.6 Å². The summed E-state index contributed by atoms with van der Waals surface area (Å²) < 4.78 is 10.5. The van der Waals surface area contributed by atoms with E-state index < -0.39 is 0 Å². The van der Waals surface area contributed by atoms with Crippen LogP contribution in [0.2, 0.25) is 0 Å². The fraction of sp³-hybridized carbons (Fsp3) is 0.250. The van der Waals surface area contributed by atoms with Gasteiger partial charge in [0.25, 0.3) is 0 Å². The highest BCUT2D eigenvalue weighted by atomic mass is 32.1. The summed E-state index contributed by atoms with van der Waals surface area (Å²) in [6, 6.07) is 5.52. The van der Waals surface area contributed by atoms with Crippen molar-refractivity contribution in [3.8, 4) is 11.5 Å². The van der Waals surface area contributed by atoms with Crippen LogP contribution >= 0.6 is 11.3 Å². The number of hydrogen-bond donors (Lipinski definition) is 2. The Labute approximate surface area is 110 Å². The minimum atomic E-state index is -0.156. The molecular weight excluding hydrogens is 250 g/mol. The number of hydrogen-bond acceptors (Lipinski definition) is 6. The normalized spacial score (nSPS) is 12.2. The van der Waals surface area contributed by atoms with Crippen LogP contribution in [-0.4, -0.2) is 19.2 Å². The van der Waals surface area contributed by atoms with E-state index in [9.17, 15) is 0 Å². The monoisotopic (exact) mass is 265 g/mol. The quantitative estimate of drug-likeness (QED) is 0.636. The Morgan fingerprint density at radius 2 is 2.06 bits per heavy atom. The molecule has 0 amide bonds. The van der Waals surface area contributed by atoms with Crippen LogP contribution in [-0.2, 0) is 0 Å². The van der Waals surface area contributed by atoms with Crippen molar-refractivity contribution < 1.29 is 9.47 Å². The predicted octanol–water partition coefficient (Wildman–Crippen LogP) is 1.71. The van der Waals surface area contributed by atoms with Gasteiger partial charge < -0.3 is 9.47 Å². The smallest absolute Gasteiger partial charge is 0.161 e. The Bertz CT molecular complexity index is 502. The number of ether oxygens (including phenoxy) is 2. The maximum Gasteiger partial charge on any atom is 0.161 e. The van der Waals surface area contributed by atoms with Crippen molar-refractivity contribution in [3.63, 3.8) is 0 Å². The van der Waals surface area contributed by atoms with E-state index in [1.54, 1.807) is 19.7 Å². The lowest BCUT2D eigenvalue weighted by atomic mass is 10.0. The van der Waals surface area contributed by atoms with Crippen molar-refractivity contribution in [3.05, 3.63) is 40.3 Å². The van der Waals surface area contributed by atoms with Crippen LogP contribution in [0.25, 0.3) is 0 Å². The van der Waals surface area contributed by atoms with E-state index >= 15 is 0 Å². The lowest BCUT2D eigenvalue weighted by Crippen LogP contribution is -2.29. The summed E-state index contributed by atoms with van der Waals surface area (Å²) in [5.41, 5.74) is 6.39. The standard InChI is InChI=1S/C12H15N3O2S/c1-16-10-4-3-8(5-11(10)17-2)12(15-13)9-6-18-7-14-9/h3-7,12,15H,13H2,1-2H3. The Kier molecular flexibility index (Phi) is 4.14. The van der Waals surface area contributed by atoms with E-state index in [0.717, 1.165) is 11.3 Å². The van der Waals surface area contributed by atoms with Gasteiger partial charge in [-0.3, -0.25) is 5.84 Å². The summed E-state index contributed by atoms with van der Waals surface area (Å²) >= 11 is 1.53. The van der Waals surface area contributed by atoms with Crippen LogP contribution in [0.15, 0.2) is 29.1 Å². The first kappa shape index (κ1) is 12.8. The first-order chi connectivity index (χ1) is 8.80. The number of aromatic nitrogens is 1. The van der Waals surface area contributed by atoms with Gasteiger partial charge in [-0.1, -0.05) is 6.07 Å². The summed E-state index contributed by atoms with van der Waals surface area (Å²) in [5.74, 6) is 6.96. The van der Waals surface area contributed by atoms with Gasteiger partial charge in [0.2, 0.25) is 0 Å². The summed E-state index contributed by atoms with van der Waals surface area (Å²) in [5, 5.41) is 1.96. The molecule has 2 aromatic rings. The highest BCUT2D eigenvalue weighted by molar-refractivity contribution is 7.07. The van der Waals surface area contributed by atoms with Crippen molar-refractivity contribution >= 4 is 11.3 Å². The molecule has 6 heteroatoms. The third kappa shape index (κ3) is 2.45. The second kappa shape index (κ2) is 5.81. The molecule has 3 N–H and O–H groups in total. The van der Waals surface area contributed by atoms with Gasteiger partial charge in [-0.15, -0.1) is 11.3 Å². The molecule has 0 radical (unpaired) electrons. The molecule has 0 fully saturated rings. The first-order valence-electron chi connectivity index (χ1n) is 5.36. The van der Waals surface area contributed by atoms with Crippen LogP contribution in [0.4, 0.5) is 0 Å². The van der Waals surface area contributed by atoms with Crippen LogP contribution in [0.1, 0.15) is 17.3 Å². The molecule has 0 bridgehead atoms. The zero-order chi connectivity index (χ0) is 13.0. The summed E-state index contributed by atoms with van der Waals surface area (Å²) in [6.07, 6.45) is 0. The van der Waals surface area contributed by atoms with Crippen LogP contribution in [0, 0.1) is 0 Å². The van der Waals surface area contributed by atoms with Gasteiger partial charge in [0.1, 0.15) is 0 Å². The molecule has 0 aliphatic rings. The predicted molar refractivity (Wildman–Crippen MR) is 70.8 cm³/mol. The van der Waals surface area contributed by atoms with Gasteiger partial charge in [0.05, 0.1) is 31.5 Å². The third-order valence-corrected chi connectivity index (χ3v) is 3.26. The van der Waals surface area contributed by atoms with Crippen molar-refractivity contribution in [1.82, 2.24) is 10.4 Å². The molecule has 18 heavy (non-hydrogen) atoms. The molecule has 2 rings (SSSR count). The SMILES string of the molecule is COc1ccc(C(NN)c2cscn2)cc1OC. The molecule has 1 atom stereocenters. The zero-order valence-electron chi connectivity index (χ0n) is 10.2. The topological polar surface area (TPSA) is 69.4 Å². The minimum Gasteiger partial charge on any atom is -0.493 e. The van der Waals surface area contributed by atoms with Crippen molar-refractivity contribution in [2.45, 2.75) is 6.04 Å². The molecular formula is C12H15N3O2S. The van der Waals surface area contributed by atoms with E-state index in [0.29, 0.717) is 11.5 Å². The van der Waals surface area contributed by atoms with Crippen molar-refractivity contribution in [1.29, 1.82) is 0 Å². The number of nitrogens with zero attached hydrogens (tertiary/aromatic N) is 1. The summed E-state index contributed by atoms with van der Waals surface area (Å²) in [4.78, 5) is 4.27. The fourth-order valence-electron chi connectivity index (χ4n) is 1.75. The van der Waals surface area contributed by atoms with E-state index in [1.165, 1.54) is 11.3 Å². The minimum absolute atomic E-state index is 0.156. The Morgan fingerprint density at radius 3 is 2.61 bits per heavy atom. The number of nitrogens with one attached hydrogen (secondary N) is 1. The number of benzene rings is 1. The summed E-state index contributed by atoms with van der Waals surface area (Å²) in [7, 11) is 3.21. The number of rotatable bonds is 5. The maximum absolute atomic E-state index is 5.60. The zero-order valence-corrected chi connectivity index (χ0v) is 11.0. The number of methoxy groups -OCH3 is 2. The van der Waals surface area contributed by atoms with Gasteiger partial charge in [0.15, 0.2) is 11.5 Å². The molecule has 1 heterocycles. The molecule has 0 aliphatic carbocycles. The van der Waals surface area contributed by atoms with Crippen molar-refractivity contribution in [2.24, 2.45) is 5.84 Å². The van der Waals surface area contributed by atoms with Gasteiger partial charge >= 0.3 is 0 Å². The van der Waals surface area contributed by atoms with Gasteiger partial charge in [-0.05, 0) is 17.7 Å². The van der Waals surface area contributed by atoms with Crippen LogP contribution in [0.3, 0.4) is 0 Å². The second-order valence-corrected chi connectivity index (χ2v) is 4.35. The molecule has 1 aromatic carbocycles. The maximum atomic E-state index is 5.60. The number of thiazole rings is 1. The highest BCUT2D eigenvalue weighted by Crippen LogP contribution is 2.31. The first-order valence-corrected chi connectivity index (χ1v) is 6.30. The summed E-state index contributed by atoms with van der Waals surface area (Å²) in [6.45, 7) is 0. The molecule has 5 nitrogen and oxygen atoms in total. The third-order valence-electron chi connectivity index (χ3n) is 2.65. The van der Waals surface area contributed by atoms with Crippen LogP contribution < -0.4 is 20.7 Å². The molecule has 96 valence electrons. The lowest BCUT2D eigenvalue weighted by Gasteiger charge is -2.16. The lowest BCUT2D eigenvalue weighted by molar-refractivity contribution is 0.354. The number of nitrogens with two attached hydrogens (primary N) is 1. The number of hydrazine groups is 1. The van der Waals surface area contributed by atoms with Gasteiger partial charge in [-0.2, -0.15) is 0 Å². The molecule has 0 saturated heterocycles. The average Bonchev–Trinajstić information content (AvgIpc) is 2.93. The fourth-order valence-corrected chi connectivity index (χ4v) is 2.33. The van der Waals surface area contributed by atoms with E-state index in [4.69, 9.17) is 15.3 Å². The molecule has 0 saturated carbocycles. The van der Waals surface area contributed by atoms with Crippen molar-refractivity contribution in [2.75, 3.05) is 14.2 Å². The second-order valence-electron chi connectivity index (χ2n) is 3.63. The Balaban J connectivity index is 2.37. The average molecular weight is 265 g/mol. The molecule has 0 spiro atoms. The van der Waals surface area contributed by atoms with E-state index in [2.05, 4.69) is 10.4 Å². The van der Waals surface area contributed by atoms with Gasteiger partial charge in [-0.25, -0.2) is 10.4 Å².